The molecule has 0 bridgehead atoms. The van der Waals surface area contributed by atoms with Gasteiger partial charge in [-0.15, -0.1) is 0 Å². The van der Waals surface area contributed by atoms with Crippen molar-refractivity contribution in [2.24, 2.45) is 5.73 Å². The molecule has 1 fully saturated rings. The largest absolute Gasteiger partial charge is 0.447 e. The number of nitrogens with two attached hydrogens (primary N) is 1. The molecule has 0 saturated carbocycles. The molecule has 2 heterocycles. The molecule has 6 nitrogen and oxygen atoms in total. The van der Waals surface area contributed by atoms with Gasteiger partial charge >= 0.3 is 0 Å². The average molecular weight is 301 g/mol. The van der Waals surface area contributed by atoms with E-state index in [0.717, 1.165) is 19.5 Å². The van der Waals surface area contributed by atoms with Gasteiger partial charge in [0, 0.05) is 32.2 Å². The van der Waals surface area contributed by atoms with Crippen LogP contribution in [0.15, 0.2) is 21.6 Å². The van der Waals surface area contributed by atoms with Gasteiger partial charge < -0.3 is 10.2 Å². The molecule has 2 N–H and O–H groups in total. The molecule has 1 aliphatic rings. The number of nitrogens with zero attached hydrogens (tertiary/aromatic N) is 2. The Kier molecular flexibility index (Phi) is 4.85. The molecule has 0 radical (unpaired) electrons. The maximum atomic E-state index is 12.4. The first-order valence-electron chi connectivity index (χ1n) is 7.02. The number of sulfonamides is 1. The summed E-state index contributed by atoms with van der Waals surface area (Å²) in [5.41, 5.74) is 5.44. The van der Waals surface area contributed by atoms with E-state index in [1.165, 1.54) is 10.4 Å². The highest BCUT2D eigenvalue weighted by molar-refractivity contribution is 7.89. The van der Waals surface area contributed by atoms with Crippen molar-refractivity contribution in [1.29, 1.82) is 0 Å². The van der Waals surface area contributed by atoms with E-state index in [1.807, 2.05) is 0 Å². The van der Waals surface area contributed by atoms with E-state index >= 15 is 0 Å². The molecule has 20 heavy (non-hydrogen) atoms. The molecule has 114 valence electrons. The maximum absolute atomic E-state index is 12.4. The highest BCUT2D eigenvalue weighted by atomic mass is 32.2. The molecule has 1 aliphatic heterocycles. The Labute approximate surface area is 120 Å². The minimum Gasteiger partial charge on any atom is -0.447 e. The lowest BCUT2D eigenvalue weighted by molar-refractivity contribution is 0.141. The molecule has 7 heteroatoms. The fourth-order valence-electron chi connectivity index (χ4n) is 2.38. The SMILES string of the molecule is CCC(C)N1CCN(S(=O)(=O)c2ccc(CN)o2)CC1. The van der Waals surface area contributed by atoms with Gasteiger partial charge in [-0.05, 0) is 25.5 Å². The van der Waals surface area contributed by atoms with Crippen LogP contribution < -0.4 is 5.73 Å². The molecule has 1 atom stereocenters. The van der Waals surface area contributed by atoms with Crippen LogP contribution in [-0.2, 0) is 16.6 Å². The smallest absolute Gasteiger partial charge is 0.276 e. The molecule has 0 amide bonds. The van der Waals surface area contributed by atoms with E-state index < -0.39 is 10.0 Å². The average Bonchev–Trinajstić information content (AvgIpc) is 2.96. The van der Waals surface area contributed by atoms with E-state index in [4.69, 9.17) is 10.2 Å². The lowest BCUT2D eigenvalue weighted by atomic mass is 10.2. The molecule has 2 rings (SSSR count). The second-order valence-corrected chi connectivity index (χ2v) is 6.99. The lowest BCUT2D eigenvalue weighted by Crippen LogP contribution is -2.51. The molecule has 0 spiro atoms. The highest BCUT2D eigenvalue weighted by Crippen LogP contribution is 2.20. The summed E-state index contributed by atoms with van der Waals surface area (Å²) >= 11 is 0. The Morgan fingerprint density at radius 2 is 1.95 bits per heavy atom. The summed E-state index contributed by atoms with van der Waals surface area (Å²) in [5, 5.41) is -0.00469. The summed E-state index contributed by atoms with van der Waals surface area (Å²) in [6, 6.07) is 3.59. The van der Waals surface area contributed by atoms with Crippen LogP contribution in [0.4, 0.5) is 0 Å². The number of furan rings is 1. The Bertz CT molecular complexity index is 533. The first kappa shape index (κ1) is 15.5. The van der Waals surface area contributed by atoms with Crippen molar-refractivity contribution < 1.29 is 12.8 Å². The summed E-state index contributed by atoms with van der Waals surface area (Å²) in [6.45, 7) is 7.06. The molecular weight excluding hydrogens is 278 g/mol. The van der Waals surface area contributed by atoms with Crippen molar-refractivity contribution >= 4 is 10.0 Å². The topological polar surface area (TPSA) is 79.8 Å². The molecule has 0 aliphatic carbocycles. The maximum Gasteiger partial charge on any atom is 0.276 e. The summed E-state index contributed by atoms with van der Waals surface area (Å²) < 4.78 is 31.6. The fraction of sp³-hybridized carbons (Fsp3) is 0.692. The quantitative estimate of drug-likeness (QED) is 0.872. The summed E-state index contributed by atoms with van der Waals surface area (Å²) in [7, 11) is -3.52. The molecule has 0 aromatic carbocycles. The fourth-order valence-corrected chi connectivity index (χ4v) is 3.73. The third kappa shape index (κ3) is 3.06. The van der Waals surface area contributed by atoms with Crippen molar-refractivity contribution in [3.8, 4) is 0 Å². The minimum absolute atomic E-state index is 0.00469. The van der Waals surface area contributed by atoms with Crippen LogP contribution in [0.2, 0.25) is 0 Å². The molecule has 1 saturated heterocycles. The van der Waals surface area contributed by atoms with Gasteiger partial charge in [0.2, 0.25) is 5.09 Å². The Balaban J connectivity index is 2.05. The van der Waals surface area contributed by atoms with Gasteiger partial charge in [-0.3, -0.25) is 4.90 Å². The zero-order valence-electron chi connectivity index (χ0n) is 12.1. The van der Waals surface area contributed by atoms with Gasteiger partial charge in [-0.1, -0.05) is 6.92 Å². The van der Waals surface area contributed by atoms with Crippen molar-refractivity contribution in [3.63, 3.8) is 0 Å². The third-order valence-electron chi connectivity index (χ3n) is 3.92. The van der Waals surface area contributed by atoms with E-state index in [0.29, 0.717) is 24.9 Å². The van der Waals surface area contributed by atoms with Crippen LogP contribution in [0.25, 0.3) is 0 Å². The summed E-state index contributed by atoms with van der Waals surface area (Å²) in [4.78, 5) is 2.32. The Morgan fingerprint density at radius 3 is 2.45 bits per heavy atom. The minimum atomic E-state index is -3.52. The van der Waals surface area contributed by atoms with Gasteiger partial charge in [0.05, 0.1) is 6.54 Å². The molecular formula is C13H23N3O3S. The zero-order chi connectivity index (χ0) is 14.8. The van der Waals surface area contributed by atoms with Crippen molar-refractivity contribution in [2.75, 3.05) is 26.2 Å². The standard InChI is InChI=1S/C13H23N3O3S/c1-3-11(2)15-6-8-16(9-7-15)20(17,18)13-5-4-12(10-14)19-13/h4-5,11H,3,6-10,14H2,1-2H3. The lowest BCUT2D eigenvalue weighted by Gasteiger charge is -2.36. The predicted molar refractivity (Wildman–Crippen MR) is 76.7 cm³/mol. The number of hydrogen-bond acceptors (Lipinski definition) is 5. The van der Waals surface area contributed by atoms with Gasteiger partial charge in [0.25, 0.3) is 10.0 Å². The van der Waals surface area contributed by atoms with E-state index in [2.05, 4.69) is 18.7 Å². The van der Waals surface area contributed by atoms with Gasteiger partial charge in [0.15, 0.2) is 0 Å². The highest BCUT2D eigenvalue weighted by Gasteiger charge is 2.31. The zero-order valence-corrected chi connectivity index (χ0v) is 12.9. The normalized spacial score (nSPS) is 20.1. The van der Waals surface area contributed by atoms with Crippen LogP contribution >= 0.6 is 0 Å². The van der Waals surface area contributed by atoms with Crippen LogP contribution in [0.3, 0.4) is 0 Å². The second kappa shape index (κ2) is 6.26. The first-order valence-corrected chi connectivity index (χ1v) is 8.46. The monoisotopic (exact) mass is 301 g/mol. The van der Waals surface area contributed by atoms with Crippen LogP contribution in [0.5, 0.6) is 0 Å². The summed E-state index contributed by atoms with van der Waals surface area (Å²) in [6.07, 6.45) is 1.07. The van der Waals surface area contributed by atoms with E-state index in [9.17, 15) is 8.42 Å². The van der Waals surface area contributed by atoms with Crippen molar-refractivity contribution in [1.82, 2.24) is 9.21 Å². The first-order chi connectivity index (χ1) is 9.48. The molecule has 1 aromatic heterocycles. The van der Waals surface area contributed by atoms with Crippen LogP contribution in [0.1, 0.15) is 26.0 Å². The second-order valence-electron chi connectivity index (χ2n) is 5.12. The predicted octanol–water partition coefficient (Wildman–Crippen LogP) is 0.843. The van der Waals surface area contributed by atoms with Crippen molar-refractivity contribution in [2.45, 2.75) is 37.9 Å². The van der Waals surface area contributed by atoms with Crippen LogP contribution in [-0.4, -0.2) is 49.8 Å². The Morgan fingerprint density at radius 1 is 1.30 bits per heavy atom. The van der Waals surface area contributed by atoms with Gasteiger partial charge in [-0.2, -0.15) is 4.31 Å². The van der Waals surface area contributed by atoms with Gasteiger partial charge in [0.1, 0.15) is 5.76 Å². The number of rotatable bonds is 5. The molecule has 1 unspecified atom stereocenters. The van der Waals surface area contributed by atoms with Crippen molar-refractivity contribution in [3.05, 3.63) is 17.9 Å². The molecule has 1 aromatic rings. The van der Waals surface area contributed by atoms with Gasteiger partial charge in [-0.25, -0.2) is 8.42 Å². The van der Waals surface area contributed by atoms with E-state index in [1.54, 1.807) is 6.07 Å². The summed E-state index contributed by atoms with van der Waals surface area (Å²) in [5.74, 6) is 0.488. The third-order valence-corrected chi connectivity index (χ3v) is 5.69. The Hall–Kier alpha value is -0.890. The van der Waals surface area contributed by atoms with Crippen LogP contribution in [0, 0.1) is 0 Å². The van der Waals surface area contributed by atoms with E-state index in [-0.39, 0.29) is 11.6 Å². The number of hydrogen-bond donors (Lipinski definition) is 1. The number of piperazine rings is 1.